The average molecular weight is 276 g/mol. The van der Waals surface area contributed by atoms with Crippen molar-refractivity contribution in [3.8, 4) is 0 Å². The van der Waals surface area contributed by atoms with Crippen LogP contribution in [-0.2, 0) is 11.3 Å². The van der Waals surface area contributed by atoms with Crippen molar-refractivity contribution in [3.05, 3.63) is 34.6 Å². The molecule has 3 nitrogen and oxygen atoms in total. The van der Waals surface area contributed by atoms with Crippen molar-refractivity contribution < 1.29 is 14.2 Å². The molecule has 0 aliphatic carbocycles. The molecule has 0 heterocycles. The maximum Gasteiger partial charge on any atom is 0.141 e. The number of halogens is 2. The van der Waals surface area contributed by atoms with Crippen LogP contribution in [0.4, 0.5) is 4.39 Å². The van der Waals surface area contributed by atoms with E-state index in [2.05, 4.69) is 5.32 Å². The highest BCUT2D eigenvalue weighted by Crippen LogP contribution is 2.16. The third kappa shape index (κ3) is 5.31. The fourth-order valence-electron chi connectivity index (χ4n) is 1.54. The molecule has 0 aliphatic heterocycles. The molecule has 1 aromatic rings. The van der Waals surface area contributed by atoms with Crippen molar-refractivity contribution in [2.45, 2.75) is 25.5 Å². The van der Waals surface area contributed by atoms with Crippen molar-refractivity contribution in [1.29, 1.82) is 0 Å². The van der Waals surface area contributed by atoms with Crippen LogP contribution >= 0.6 is 11.6 Å². The van der Waals surface area contributed by atoms with Gasteiger partial charge in [-0.25, -0.2) is 4.39 Å². The third-order valence-electron chi connectivity index (χ3n) is 2.66. The van der Waals surface area contributed by atoms with E-state index in [4.69, 9.17) is 16.3 Å². The first kappa shape index (κ1) is 15.4. The van der Waals surface area contributed by atoms with Gasteiger partial charge in [0.25, 0.3) is 0 Å². The molecule has 2 N–H and O–H groups in total. The molecular formula is C13H19ClFNO2. The zero-order valence-corrected chi connectivity index (χ0v) is 11.4. The molecule has 0 spiro atoms. The van der Waals surface area contributed by atoms with Gasteiger partial charge in [-0.3, -0.25) is 0 Å². The summed E-state index contributed by atoms with van der Waals surface area (Å²) in [6.07, 6.45) is 0.556. The minimum Gasteiger partial charge on any atom is -0.389 e. The summed E-state index contributed by atoms with van der Waals surface area (Å²) in [4.78, 5) is 0. The van der Waals surface area contributed by atoms with Gasteiger partial charge in [0.1, 0.15) is 5.82 Å². The maximum atomic E-state index is 12.9. The van der Waals surface area contributed by atoms with Crippen molar-refractivity contribution in [2.24, 2.45) is 0 Å². The van der Waals surface area contributed by atoms with Crippen molar-refractivity contribution in [2.75, 3.05) is 20.3 Å². The second-order valence-corrected chi connectivity index (χ2v) is 5.00. The van der Waals surface area contributed by atoms with Gasteiger partial charge in [0.05, 0.1) is 10.6 Å². The molecule has 0 saturated heterocycles. The van der Waals surface area contributed by atoms with Crippen LogP contribution in [0, 0.1) is 5.82 Å². The molecule has 0 amide bonds. The predicted octanol–water partition coefficient (Wildman–Crippen LogP) is 2.36. The second kappa shape index (κ2) is 7.04. The lowest BCUT2D eigenvalue weighted by atomic mass is 10.0. The number of ether oxygens (including phenoxy) is 1. The molecule has 0 aromatic heterocycles. The monoisotopic (exact) mass is 275 g/mol. The van der Waals surface area contributed by atoms with Crippen LogP contribution in [0.15, 0.2) is 18.2 Å². The topological polar surface area (TPSA) is 41.5 Å². The molecule has 0 saturated carbocycles. The number of hydrogen-bond acceptors (Lipinski definition) is 3. The molecule has 102 valence electrons. The van der Waals surface area contributed by atoms with Gasteiger partial charge in [-0.1, -0.05) is 17.7 Å². The second-order valence-electron chi connectivity index (χ2n) is 4.59. The Labute approximate surface area is 112 Å². The smallest absolute Gasteiger partial charge is 0.141 e. The van der Waals surface area contributed by atoms with E-state index in [1.807, 2.05) is 0 Å². The summed E-state index contributed by atoms with van der Waals surface area (Å²) in [7, 11) is 1.60. The Morgan fingerprint density at radius 2 is 2.22 bits per heavy atom. The van der Waals surface area contributed by atoms with E-state index in [-0.39, 0.29) is 5.02 Å². The summed E-state index contributed by atoms with van der Waals surface area (Å²) in [5.74, 6) is -0.424. The molecule has 1 atom stereocenters. The SMILES string of the molecule is COCCC(C)(O)CNCc1ccc(F)c(Cl)c1. The number of aliphatic hydroxyl groups is 1. The maximum absolute atomic E-state index is 12.9. The molecule has 1 rings (SSSR count). The minimum absolute atomic E-state index is 0.112. The van der Waals surface area contributed by atoms with Gasteiger partial charge in [0.15, 0.2) is 0 Å². The summed E-state index contributed by atoms with van der Waals surface area (Å²) in [6.45, 7) is 3.22. The summed E-state index contributed by atoms with van der Waals surface area (Å²) in [6, 6.07) is 4.58. The van der Waals surface area contributed by atoms with E-state index in [0.717, 1.165) is 5.56 Å². The van der Waals surface area contributed by atoms with E-state index >= 15 is 0 Å². The quantitative estimate of drug-likeness (QED) is 0.803. The van der Waals surface area contributed by atoms with Gasteiger partial charge < -0.3 is 15.2 Å². The number of hydrogen-bond donors (Lipinski definition) is 2. The van der Waals surface area contributed by atoms with Gasteiger partial charge in [0.2, 0.25) is 0 Å². The standard InChI is InChI=1S/C13H19ClFNO2/c1-13(17,5-6-18-2)9-16-8-10-3-4-12(15)11(14)7-10/h3-4,7,16-17H,5-6,8-9H2,1-2H3. The Morgan fingerprint density at radius 1 is 1.50 bits per heavy atom. The first-order valence-corrected chi connectivity index (χ1v) is 6.18. The first-order valence-electron chi connectivity index (χ1n) is 5.80. The summed E-state index contributed by atoms with van der Waals surface area (Å²) >= 11 is 5.68. The fourth-order valence-corrected chi connectivity index (χ4v) is 1.74. The van der Waals surface area contributed by atoms with E-state index in [1.165, 1.54) is 6.07 Å². The number of benzene rings is 1. The van der Waals surface area contributed by atoms with Crippen LogP contribution in [0.5, 0.6) is 0 Å². The largest absolute Gasteiger partial charge is 0.389 e. The normalized spacial score (nSPS) is 14.5. The Morgan fingerprint density at radius 3 is 2.83 bits per heavy atom. The van der Waals surface area contributed by atoms with Gasteiger partial charge in [-0.2, -0.15) is 0 Å². The van der Waals surface area contributed by atoms with Crippen LogP contribution in [0.25, 0.3) is 0 Å². The van der Waals surface area contributed by atoms with Crippen LogP contribution in [0.1, 0.15) is 18.9 Å². The van der Waals surface area contributed by atoms with E-state index in [0.29, 0.717) is 26.1 Å². The number of methoxy groups -OCH3 is 1. The summed E-state index contributed by atoms with van der Waals surface area (Å²) < 4.78 is 17.9. The Hall–Kier alpha value is -0.680. The molecule has 1 aromatic carbocycles. The molecule has 0 radical (unpaired) electrons. The highest BCUT2D eigenvalue weighted by atomic mass is 35.5. The Kier molecular flexibility index (Phi) is 6.02. The molecule has 5 heteroatoms. The zero-order chi connectivity index (χ0) is 13.6. The lowest BCUT2D eigenvalue weighted by molar-refractivity contribution is 0.0247. The highest BCUT2D eigenvalue weighted by molar-refractivity contribution is 6.30. The van der Waals surface area contributed by atoms with Gasteiger partial charge in [-0.05, 0) is 24.6 Å². The predicted molar refractivity (Wildman–Crippen MR) is 70.2 cm³/mol. The van der Waals surface area contributed by atoms with Gasteiger partial charge >= 0.3 is 0 Å². The van der Waals surface area contributed by atoms with E-state index in [9.17, 15) is 9.50 Å². The van der Waals surface area contributed by atoms with Crippen LogP contribution < -0.4 is 5.32 Å². The number of rotatable bonds is 7. The van der Waals surface area contributed by atoms with Crippen molar-refractivity contribution >= 4 is 11.6 Å². The first-order chi connectivity index (χ1) is 8.44. The minimum atomic E-state index is -0.820. The van der Waals surface area contributed by atoms with Crippen LogP contribution in [-0.4, -0.2) is 31.0 Å². The summed E-state index contributed by atoms with van der Waals surface area (Å²) in [5, 5.41) is 13.2. The van der Waals surface area contributed by atoms with Gasteiger partial charge in [-0.15, -0.1) is 0 Å². The lowest BCUT2D eigenvalue weighted by Gasteiger charge is -2.23. The highest BCUT2D eigenvalue weighted by Gasteiger charge is 2.19. The Bertz CT molecular complexity index is 385. The van der Waals surface area contributed by atoms with Gasteiger partial charge in [0, 0.05) is 33.2 Å². The van der Waals surface area contributed by atoms with E-state index < -0.39 is 11.4 Å². The van der Waals surface area contributed by atoms with Crippen LogP contribution in [0.2, 0.25) is 5.02 Å². The van der Waals surface area contributed by atoms with Crippen molar-refractivity contribution in [1.82, 2.24) is 5.32 Å². The van der Waals surface area contributed by atoms with E-state index in [1.54, 1.807) is 26.2 Å². The molecule has 1 unspecified atom stereocenters. The zero-order valence-electron chi connectivity index (χ0n) is 10.7. The Balaban J connectivity index is 2.39. The molecule has 0 aliphatic rings. The van der Waals surface area contributed by atoms with Crippen LogP contribution in [0.3, 0.4) is 0 Å². The molecule has 18 heavy (non-hydrogen) atoms. The fraction of sp³-hybridized carbons (Fsp3) is 0.538. The molecular weight excluding hydrogens is 257 g/mol. The lowest BCUT2D eigenvalue weighted by Crippen LogP contribution is -2.38. The molecule has 0 bridgehead atoms. The summed E-state index contributed by atoms with van der Waals surface area (Å²) in [5.41, 5.74) is 0.0590. The third-order valence-corrected chi connectivity index (χ3v) is 2.95. The average Bonchev–Trinajstić information content (AvgIpc) is 2.31. The molecule has 0 fully saturated rings. The van der Waals surface area contributed by atoms with Crippen molar-refractivity contribution in [3.63, 3.8) is 0 Å². The number of nitrogens with one attached hydrogen (secondary N) is 1.